The molecule has 414 valence electrons. The second-order valence-corrected chi connectivity index (χ2v) is 22.4. The molecule has 2 bridgehead atoms. The van der Waals surface area contributed by atoms with E-state index in [9.17, 15) is 23.6 Å². The lowest BCUT2D eigenvalue weighted by molar-refractivity contribution is -0.134. The van der Waals surface area contributed by atoms with Crippen molar-refractivity contribution in [2.45, 2.75) is 135 Å². The van der Waals surface area contributed by atoms with E-state index in [0.29, 0.717) is 112 Å². The predicted molar refractivity (Wildman–Crippen MR) is 295 cm³/mol. The number of aliphatic imine (C=N–C) groups is 1. The van der Waals surface area contributed by atoms with Crippen LogP contribution in [0.5, 0.6) is 5.88 Å². The number of ether oxygens (including phenoxy) is 3. The van der Waals surface area contributed by atoms with Crippen molar-refractivity contribution in [3.8, 4) is 17.0 Å². The first-order valence-electron chi connectivity index (χ1n) is 27.3. The third kappa shape index (κ3) is 9.64. The van der Waals surface area contributed by atoms with E-state index in [2.05, 4.69) is 15.2 Å². The topological polar surface area (TPSA) is 193 Å². The normalized spacial score (nSPS) is 23.6. The van der Waals surface area contributed by atoms with E-state index in [4.69, 9.17) is 41.6 Å². The van der Waals surface area contributed by atoms with Crippen LogP contribution in [0.4, 0.5) is 20.7 Å². The Labute approximate surface area is 460 Å². The fraction of sp³-hybridized carbons (Fsp3) is 0.500. The van der Waals surface area contributed by atoms with Crippen LogP contribution in [0.25, 0.3) is 11.1 Å². The maximum Gasteiger partial charge on any atom is 0.330 e. The van der Waals surface area contributed by atoms with Crippen LogP contribution in [-0.2, 0) is 32.2 Å². The van der Waals surface area contributed by atoms with Gasteiger partial charge in [-0.05, 0) is 114 Å². The van der Waals surface area contributed by atoms with Gasteiger partial charge in [-0.2, -0.15) is 5.10 Å². The Morgan fingerprint density at radius 1 is 0.974 bits per heavy atom. The minimum atomic E-state index is -1.09. The molecule has 6 aliphatic rings. The number of urea groups is 1. The Kier molecular flexibility index (Phi) is 15.1. The second kappa shape index (κ2) is 21.7. The van der Waals surface area contributed by atoms with Crippen LogP contribution in [-0.4, -0.2) is 129 Å². The summed E-state index contributed by atoms with van der Waals surface area (Å²) in [5.74, 6) is 1.08. The van der Waals surface area contributed by atoms with Crippen LogP contribution in [0.15, 0.2) is 82.9 Å². The lowest BCUT2D eigenvalue weighted by atomic mass is 9.70. The molecule has 1 aliphatic carbocycles. The molecule has 2 saturated heterocycles. The Balaban J connectivity index is 0.760. The van der Waals surface area contributed by atoms with E-state index in [-0.39, 0.29) is 61.1 Å². The number of amidine groups is 1. The van der Waals surface area contributed by atoms with Crippen molar-refractivity contribution in [1.82, 2.24) is 39.7 Å². The molecule has 0 radical (unpaired) electrons. The number of halogens is 2. The summed E-state index contributed by atoms with van der Waals surface area (Å²) >= 11 is 6.27. The van der Waals surface area contributed by atoms with E-state index in [0.717, 1.165) is 50.5 Å². The number of anilines is 2. The maximum atomic E-state index is 14.8. The van der Waals surface area contributed by atoms with Gasteiger partial charge in [-0.15, -0.1) is 0 Å². The van der Waals surface area contributed by atoms with Gasteiger partial charge in [-0.3, -0.25) is 29.2 Å². The first-order chi connectivity index (χ1) is 37.4. The highest BCUT2D eigenvalue weighted by Gasteiger charge is 2.64. The van der Waals surface area contributed by atoms with Crippen molar-refractivity contribution in [1.29, 1.82) is 0 Å². The van der Waals surface area contributed by atoms with Crippen LogP contribution < -0.4 is 20.7 Å². The molecule has 2 aromatic heterocycles. The number of amides is 5. The summed E-state index contributed by atoms with van der Waals surface area (Å²) in [6.07, 6.45) is 10.4. The highest BCUT2D eigenvalue weighted by Crippen LogP contribution is 2.57. The maximum absolute atomic E-state index is 14.8. The van der Waals surface area contributed by atoms with Crippen LogP contribution >= 0.6 is 11.6 Å². The Morgan fingerprint density at radius 2 is 1.72 bits per heavy atom. The first-order valence-corrected chi connectivity index (χ1v) is 27.7. The number of nitrogen functional groups attached to an aromatic ring is 1. The summed E-state index contributed by atoms with van der Waals surface area (Å²) in [4.78, 5) is 75.0. The number of benzene rings is 2. The van der Waals surface area contributed by atoms with Gasteiger partial charge >= 0.3 is 6.03 Å². The lowest BCUT2D eigenvalue weighted by Gasteiger charge is -2.56. The number of carbonyl (C=O) groups excluding carboxylic acids is 4. The highest BCUT2D eigenvalue weighted by molar-refractivity contribution is 6.30. The van der Waals surface area contributed by atoms with E-state index in [1.54, 1.807) is 52.9 Å². The van der Waals surface area contributed by atoms with Gasteiger partial charge in [0.15, 0.2) is 0 Å². The molecule has 5 amide bonds. The third-order valence-electron chi connectivity index (χ3n) is 16.4. The number of rotatable bonds is 17. The summed E-state index contributed by atoms with van der Waals surface area (Å²) < 4.78 is 35.4. The Bertz CT molecular complexity index is 3120. The molecule has 18 nitrogen and oxygen atoms in total. The van der Waals surface area contributed by atoms with Gasteiger partial charge in [0.25, 0.3) is 5.91 Å². The van der Waals surface area contributed by atoms with Gasteiger partial charge in [0.05, 0.1) is 72.8 Å². The fourth-order valence-corrected chi connectivity index (χ4v) is 12.6. The van der Waals surface area contributed by atoms with Crippen molar-refractivity contribution in [3.63, 3.8) is 0 Å². The zero-order valence-corrected chi connectivity index (χ0v) is 46.7. The molecule has 4 aromatic rings. The zero-order valence-electron chi connectivity index (χ0n) is 45.9. The number of fused-ring (bicyclic) bond motifs is 10. The van der Waals surface area contributed by atoms with Crippen LogP contribution in [0.2, 0.25) is 5.02 Å². The average molecular weight is 1090 g/mol. The number of methoxy groups -OCH3 is 2. The van der Waals surface area contributed by atoms with Crippen molar-refractivity contribution >= 4 is 52.7 Å². The molecular formula is C58H71ClFN11O7. The van der Waals surface area contributed by atoms with Gasteiger partial charge in [0.1, 0.15) is 40.8 Å². The number of aromatic nitrogens is 3. The van der Waals surface area contributed by atoms with Crippen molar-refractivity contribution in [2.75, 3.05) is 58.1 Å². The van der Waals surface area contributed by atoms with Crippen LogP contribution in [0.3, 0.4) is 0 Å². The lowest BCUT2D eigenvalue weighted by Crippen LogP contribution is -2.68. The van der Waals surface area contributed by atoms with Gasteiger partial charge in [-0.1, -0.05) is 49.4 Å². The van der Waals surface area contributed by atoms with Crippen molar-refractivity contribution < 1.29 is 37.8 Å². The van der Waals surface area contributed by atoms with E-state index >= 15 is 0 Å². The largest absolute Gasteiger partial charge is 0.494 e. The number of nitrogens with one attached hydrogen (secondary N) is 1. The number of hydrogen-bond donors (Lipinski definition) is 2. The second-order valence-electron chi connectivity index (χ2n) is 21.9. The summed E-state index contributed by atoms with van der Waals surface area (Å²) in [6, 6.07) is 12.6. The number of hydrogen-bond acceptors (Lipinski definition) is 12. The van der Waals surface area contributed by atoms with Gasteiger partial charge in [-0.25, -0.2) is 18.9 Å². The van der Waals surface area contributed by atoms with E-state index in [1.807, 2.05) is 75.9 Å². The monoisotopic (exact) mass is 1090 g/mol. The molecule has 3 N–H and O–H groups in total. The van der Waals surface area contributed by atoms with E-state index in [1.165, 1.54) is 12.1 Å². The summed E-state index contributed by atoms with van der Waals surface area (Å²) in [6.45, 7) is 11.6. The molecule has 0 spiro atoms. The molecule has 78 heavy (non-hydrogen) atoms. The van der Waals surface area contributed by atoms with Gasteiger partial charge in [0, 0.05) is 62.6 Å². The molecule has 2 unspecified atom stereocenters. The summed E-state index contributed by atoms with van der Waals surface area (Å²) in [5.41, 5.74) is 10.3. The van der Waals surface area contributed by atoms with Crippen molar-refractivity contribution in [3.05, 3.63) is 111 Å². The van der Waals surface area contributed by atoms with Gasteiger partial charge in [0.2, 0.25) is 17.7 Å². The van der Waals surface area contributed by atoms with Crippen LogP contribution in [0.1, 0.15) is 132 Å². The average Bonchev–Trinajstić information content (AvgIpc) is 2.75. The minimum Gasteiger partial charge on any atom is -0.494 e. The molecule has 10 rings (SSSR count). The smallest absolute Gasteiger partial charge is 0.330 e. The molecule has 0 saturated carbocycles. The number of carbonyl (C=O) groups is 4. The number of unbranched alkanes of at least 4 members (excludes halogenated alkanes) is 5. The standard InChI is InChI=1S/C58H71ClFN11O7/c1-34(2)78-45-30-57(4,77-8)50-51-58(45,5)55-64-49(36-18-20-38(59)21-19-36)35(3)71(55)56(75)69(51)33-47(73)68(50)25-14-12-10-9-11-13-17-46(72)62-24-27-70-54(76-7)48-37-28-44(52(61)63-31-37)67-26-15-16-43(67)41-29-39(60)22-23-40(41)53(74)66(6)32-42(48)65-70/h18-23,28-31,34-35,43,49H,9-17,24-27,32-33H2,1-8H3,(H2,61,63)(H,62,72)/t35-,43-,49-,57?,58?/m1/s1. The highest BCUT2D eigenvalue weighted by atomic mass is 35.5. The fourth-order valence-electron chi connectivity index (χ4n) is 12.5. The SMILES string of the molecule is COc1c2c(nn1CCNC(=O)CCCCCCCCN1C(=O)CN3C(=O)N4C(=N[C@@H](c5ccc(Cl)cc5)[C@H]4C)C4(C)C(OC(C)C)=CC(C)(OC)C1=C34)CN(C)C(=O)c1ccc(F)cc1[C@H]1CCCN1c1cc-2cnc1N. The van der Waals surface area contributed by atoms with Crippen molar-refractivity contribution in [2.24, 2.45) is 10.4 Å². The first kappa shape index (κ1) is 54.4. The minimum absolute atomic E-state index is 0.0698. The molecule has 2 aromatic carbocycles. The summed E-state index contributed by atoms with van der Waals surface area (Å²) in [7, 11) is 4.89. The number of pyridine rings is 1. The predicted octanol–water partition coefficient (Wildman–Crippen LogP) is 9.17. The quantitative estimate of drug-likeness (QED) is 0.0958. The molecular weight excluding hydrogens is 1020 g/mol. The Hall–Kier alpha value is -6.99. The molecule has 7 heterocycles. The molecule has 5 atom stereocenters. The van der Waals surface area contributed by atoms with Crippen LogP contribution in [0, 0.1) is 11.2 Å². The summed E-state index contributed by atoms with van der Waals surface area (Å²) in [5, 5.41) is 8.59. The van der Waals surface area contributed by atoms with E-state index < -0.39 is 16.8 Å². The van der Waals surface area contributed by atoms with Gasteiger partial charge < -0.3 is 40.0 Å². The molecule has 5 aliphatic heterocycles. The number of nitrogens with two attached hydrogens (primary N) is 1. The third-order valence-corrected chi connectivity index (χ3v) is 16.6. The molecule has 2 fully saturated rings. The molecule has 20 heteroatoms. The zero-order chi connectivity index (χ0) is 55.4. The number of nitrogens with zero attached hydrogens (tertiary/aromatic N) is 9. The Morgan fingerprint density at radius 3 is 2.45 bits per heavy atom.